The molecule has 1 atom stereocenters. The van der Waals surface area contributed by atoms with Gasteiger partial charge in [0, 0.05) is 5.56 Å². The zero-order valence-electron chi connectivity index (χ0n) is 8.94. The Labute approximate surface area is 119 Å². The van der Waals surface area contributed by atoms with E-state index in [4.69, 9.17) is 39.5 Å². The summed E-state index contributed by atoms with van der Waals surface area (Å²) in [6.07, 6.45) is -1.23. The third-order valence-electron chi connectivity index (χ3n) is 1.86. The first-order valence-electron chi connectivity index (χ1n) is 4.75. The van der Waals surface area contributed by atoms with Crippen LogP contribution in [0.4, 0.5) is 0 Å². The molecule has 1 unspecified atom stereocenters. The number of benzene rings is 1. The molecule has 0 fully saturated rings. The highest BCUT2D eigenvalue weighted by molar-refractivity contribution is 6.67. The van der Waals surface area contributed by atoms with Gasteiger partial charge in [-0.2, -0.15) is 0 Å². The van der Waals surface area contributed by atoms with Gasteiger partial charge < -0.3 is 9.47 Å². The zero-order valence-corrected chi connectivity index (χ0v) is 11.2. The molecule has 1 radical (unpaired) electrons. The normalized spacial score (nSPS) is 12.6. The first-order valence-corrected chi connectivity index (χ1v) is 5.88. The third-order valence-corrected chi connectivity index (χ3v) is 2.19. The lowest BCUT2D eigenvalue weighted by Crippen LogP contribution is -2.23. The van der Waals surface area contributed by atoms with E-state index in [-0.39, 0.29) is 0 Å². The molecule has 0 aliphatic rings. The number of carbonyl (C=O) groups is 1. The molecule has 0 saturated heterocycles. The van der Waals surface area contributed by atoms with Crippen molar-refractivity contribution in [1.82, 2.24) is 0 Å². The molecule has 0 N–H and O–H groups in total. The average Bonchev–Trinajstić information content (AvgIpc) is 2.33. The Balaban J connectivity index is 2.73. The molecule has 0 saturated carbocycles. The number of carbonyl (C=O) groups excluding carboxylic acids is 2. The van der Waals surface area contributed by atoms with Gasteiger partial charge in [-0.1, -0.05) is 65.1 Å². The summed E-state index contributed by atoms with van der Waals surface area (Å²) in [6, 6.07) is 8.30. The van der Waals surface area contributed by atoms with Gasteiger partial charge >= 0.3 is 12.4 Å². The van der Waals surface area contributed by atoms with E-state index in [9.17, 15) is 9.59 Å². The number of rotatable bonds is 5. The fraction of sp³-hybridized carbons (Fsp3) is 0.273. The van der Waals surface area contributed by atoms with E-state index in [0.29, 0.717) is 5.56 Å². The number of halogens is 3. The second-order valence-corrected chi connectivity index (χ2v) is 5.73. The summed E-state index contributed by atoms with van der Waals surface area (Å²) < 4.78 is 7.56. The summed E-state index contributed by atoms with van der Waals surface area (Å²) >= 11 is 16.3. The molecule has 0 aliphatic carbocycles. The van der Waals surface area contributed by atoms with Crippen molar-refractivity contribution in [2.45, 2.75) is 9.90 Å². The maximum Gasteiger partial charge on any atom is 0.418 e. The van der Waals surface area contributed by atoms with Crippen LogP contribution in [0, 0.1) is 0 Å². The van der Waals surface area contributed by atoms with Crippen LogP contribution in [0.2, 0.25) is 0 Å². The van der Waals surface area contributed by atoms with E-state index in [1.807, 2.05) is 0 Å². The molecule has 1 aromatic rings. The maximum absolute atomic E-state index is 11.7. The van der Waals surface area contributed by atoms with Crippen LogP contribution in [0.3, 0.4) is 0 Å². The standard InChI is InChI=1S/C11H8Cl3O4/c12-11(13,14)6-17-10(16)9(18-7-15)8-4-2-1-3-5-8/h1-5,9H,6H2. The lowest BCUT2D eigenvalue weighted by molar-refractivity contribution is -0.152. The molecule has 0 spiro atoms. The van der Waals surface area contributed by atoms with Crippen molar-refractivity contribution in [1.29, 1.82) is 0 Å². The maximum atomic E-state index is 11.7. The molecule has 0 heterocycles. The van der Waals surface area contributed by atoms with Crippen molar-refractivity contribution in [2.75, 3.05) is 6.61 Å². The predicted octanol–water partition coefficient (Wildman–Crippen LogP) is 2.72. The van der Waals surface area contributed by atoms with E-state index in [0.717, 1.165) is 0 Å². The Morgan fingerprint density at radius 2 is 1.89 bits per heavy atom. The summed E-state index contributed by atoms with van der Waals surface area (Å²) in [5.41, 5.74) is 0.440. The van der Waals surface area contributed by atoms with E-state index >= 15 is 0 Å². The van der Waals surface area contributed by atoms with Crippen molar-refractivity contribution < 1.29 is 19.1 Å². The molecule has 0 aromatic heterocycles. The van der Waals surface area contributed by atoms with Gasteiger partial charge in [0.2, 0.25) is 9.90 Å². The Morgan fingerprint density at radius 1 is 1.28 bits per heavy atom. The SMILES string of the molecule is O=[C]OC(C(=O)OCC(Cl)(Cl)Cl)c1ccccc1. The zero-order chi connectivity index (χ0) is 13.6. The summed E-state index contributed by atoms with van der Waals surface area (Å²) in [6.45, 7) is 0.752. The minimum atomic E-state index is -1.72. The lowest BCUT2D eigenvalue weighted by atomic mass is 10.1. The number of hydrogen-bond donors (Lipinski definition) is 0. The third kappa shape index (κ3) is 5.12. The highest BCUT2D eigenvalue weighted by Crippen LogP contribution is 2.27. The molecule has 7 heteroatoms. The smallest absolute Gasteiger partial charge is 0.418 e. The molecular weight excluding hydrogens is 302 g/mol. The second-order valence-electron chi connectivity index (χ2n) is 3.21. The molecule has 18 heavy (non-hydrogen) atoms. The van der Waals surface area contributed by atoms with Gasteiger partial charge in [0.05, 0.1) is 0 Å². The van der Waals surface area contributed by atoms with Gasteiger partial charge in [-0.25, -0.2) is 9.59 Å². The quantitative estimate of drug-likeness (QED) is 0.620. The summed E-state index contributed by atoms with van der Waals surface area (Å²) in [5.74, 6) is -0.837. The average molecular weight is 311 g/mol. The van der Waals surface area contributed by atoms with Gasteiger partial charge in [0.1, 0.15) is 6.61 Å². The molecule has 1 aromatic carbocycles. The van der Waals surface area contributed by atoms with Gasteiger partial charge in [0.25, 0.3) is 0 Å². The topological polar surface area (TPSA) is 52.6 Å². The van der Waals surface area contributed by atoms with E-state index in [1.54, 1.807) is 30.3 Å². The van der Waals surface area contributed by atoms with Crippen LogP contribution >= 0.6 is 34.8 Å². The van der Waals surface area contributed by atoms with Crippen molar-refractivity contribution in [3.05, 3.63) is 35.9 Å². The van der Waals surface area contributed by atoms with Crippen molar-refractivity contribution in [3.63, 3.8) is 0 Å². The fourth-order valence-corrected chi connectivity index (χ4v) is 1.32. The summed E-state index contributed by atoms with van der Waals surface area (Å²) in [5, 5.41) is 0. The summed E-state index contributed by atoms with van der Waals surface area (Å²) in [4.78, 5) is 21.9. The van der Waals surface area contributed by atoms with Crippen molar-refractivity contribution in [2.24, 2.45) is 0 Å². The number of alkyl halides is 3. The van der Waals surface area contributed by atoms with E-state index in [2.05, 4.69) is 4.74 Å². The van der Waals surface area contributed by atoms with Gasteiger partial charge in [0.15, 0.2) is 0 Å². The fourth-order valence-electron chi connectivity index (χ4n) is 1.16. The number of ether oxygens (including phenoxy) is 2. The molecule has 4 nitrogen and oxygen atoms in total. The molecule has 1 rings (SSSR count). The molecule has 0 aliphatic heterocycles. The Hall–Kier alpha value is -0.970. The molecule has 0 amide bonds. The van der Waals surface area contributed by atoms with Gasteiger partial charge in [-0.05, 0) is 0 Å². The van der Waals surface area contributed by atoms with Crippen LogP contribution in [0.25, 0.3) is 0 Å². The largest absolute Gasteiger partial charge is 0.458 e. The van der Waals surface area contributed by atoms with Crippen molar-refractivity contribution in [3.8, 4) is 0 Å². The van der Waals surface area contributed by atoms with Crippen LogP contribution in [-0.4, -0.2) is 22.8 Å². The monoisotopic (exact) mass is 309 g/mol. The Bertz CT molecular complexity index is 402. The van der Waals surface area contributed by atoms with Crippen LogP contribution in [0.5, 0.6) is 0 Å². The summed E-state index contributed by atoms with van der Waals surface area (Å²) in [7, 11) is 0. The van der Waals surface area contributed by atoms with Crippen LogP contribution < -0.4 is 0 Å². The van der Waals surface area contributed by atoms with Gasteiger partial charge in [-0.3, -0.25) is 0 Å². The first kappa shape index (κ1) is 15.1. The van der Waals surface area contributed by atoms with E-state index in [1.165, 1.54) is 6.47 Å². The first-order chi connectivity index (χ1) is 8.44. The minimum Gasteiger partial charge on any atom is -0.458 e. The van der Waals surface area contributed by atoms with Gasteiger partial charge in [-0.15, -0.1) is 0 Å². The van der Waals surface area contributed by atoms with Crippen LogP contribution in [-0.2, 0) is 19.1 Å². The predicted molar refractivity (Wildman–Crippen MR) is 67.2 cm³/mol. The number of hydrogen-bond acceptors (Lipinski definition) is 4. The van der Waals surface area contributed by atoms with Crippen molar-refractivity contribution >= 4 is 47.2 Å². The lowest BCUT2D eigenvalue weighted by Gasteiger charge is -2.16. The van der Waals surface area contributed by atoms with Crippen LogP contribution in [0.15, 0.2) is 30.3 Å². The van der Waals surface area contributed by atoms with Crippen LogP contribution in [0.1, 0.15) is 11.7 Å². The highest BCUT2D eigenvalue weighted by atomic mass is 35.6. The Morgan fingerprint density at radius 3 is 2.39 bits per heavy atom. The molecule has 97 valence electrons. The highest BCUT2D eigenvalue weighted by Gasteiger charge is 2.28. The minimum absolute atomic E-state index is 0.440. The number of esters is 1. The Kier molecular flexibility index (Phi) is 5.72. The van der Waals surface area contributed by atoms with E-state index < -0.39 is 22.5 Å². The molecular formula is C11H8Cl3O4. The molecule has 0 bridgehead atoms. The second kappa shape index (κ2) is 6.83.